The molecule has 0 N–H and O–H groups in total. The van der Waals surface area contributed by atoms with Gasteiger partial charge in [-0.15, -0.1) is 0 Å². The number of non-ortho nitro benzene ring substituents is 1. The second kappa shape index (κ2) is 4.67. The number of para-hydroxylation sites is 2. The van der Waals surface area contributed by atoms with E-state index >= 15 is 0 Å². The molecule has 3 aromatic rings. The molecule has 7 nitrogen and oxygen atoms in total. The molecule has 0 spiro atoms. The highest BCUT2D eigenvalue weighted by atomic mass is 32.2. The van der Waals surface area contributed by atoms with Crippen molar-refractivity contribution in [1.29, 1.82) is 0 Å². The van der Waals surface area contributed by atoms with E-state index in [1.165, 1.54) is 18.5 Å². The van der Waals surface area contributed by atoms with E-state index in [1.807, 2.05) is 0 Å². The first kappa shape index (κ1) is 13.3. The maximum atomic E-state index is 12.5. The third-order valence-electron chi connectivity index (χ3n) is 3.03. The van der Waals surface area contributed by atoms with Gasteiger partial charge in [0.05, 0.1) is 20.9 Å². The fourth-order valence-electron chi connectivity index (χ4n) is 1.98. The van der Waals surface area contributed by atoms with Crippen molar-refractivity contribution in [2.45, 2.75) is 4.90 Å². The molecule has 0 saturated heterocycles. The standard InChI is InChI=1S/C13H9N3O4S/c17-16(18)10-5-7-11(8-6-10)21(19,20)15-9-14-12-3-1-2-4-13(12)15/h1-9H. The summed E-state index contributed by atoms with van der Waals surface area (Å²) in [4.78, 5) is 14.0. The summed E-state index contributed by atoms with van der Waals surface area (Å²) in [5, 5.41) is 10.6. The van der Waals surface area contributed by atoms with Crippen LogP contribution in [0.3, 0.4) is 0 Å². The molecule has 2 aromatic carbocycles. The third-order valence-corrected chi connectivity index (χ3v) is 4.70. The van der Waals surface area contributed by atoms with Crippen LogP contribution in [-0.4, -0.2) is 22.3 Å². The summed E-state index contributed by atoms with van der Waals surface area (Å²) in [6.07, 6.45) is 1.22. The molecule has 0 aliphatic carbocycles. The number of nitrogens with zero attached hydrogens (tertiary/aromatic N) is 3. The Balaban J connectivity index is 2.14. The van der Waals surface area contributed by atoms with Gasteiger partial charge < -0.3 is 0 Å². The van der Waals surface area contributed by atoms with Gasteiger partial charge in [-0.3, -0.25) is 10.1 Å². The quantitative estimate of drug-likeness (QED) is 0.546. The Morgan fingerprint density at radius 1 is 1.05 bits per heavy atom. The minimum absolute atomic E-state index is 0.0312. The molecule has 0 bridgehead atoms. The lowest BCUT2D eigenvalue weighted by Gasteiger charge is -2.06. The zero-order valence-electron chi connectivity index (χ0n) is 10.6. The van der Waals surface area contributed by atoms with Gasteiger partial charge in [0, 0.05) is 12.1 Å². The van der Waals surface area contributed by atoms with Crippen LogP contribution in [0.2, 0.25) is 0 Å². The minimum Gasteiger partial charge on any atom is -0.258 e. The van der Waals surface area contributed by atoms with Gasteiger partial charge in [0.15, 0.2) is 0 Å². The number of nitro groups is 1. The highest BCUT2D eigenvalue weighted by Gasteiger charge is 2.20. The van der Waals surface area contributed by atoms with Crippen molar-refractivity contribution in [1.82, 2.24) is 8.96 Å². The van der Waals surface area contributed by atoms with Gasteiger partial charge in [-0.1, -0.05) is 12.1 Å². The summed E-state index contributed by atoms with van der Waals surface area (Å²) in [5.41, 5.74) is 0.850. The fourth-order valence-corrected chi connectivity index (χ4v) is 3.27. The normalized spacial score (nSPS) is 11.6. The second-order valence-corrected chi connectivity index (χ2v) is 6.10. The SMILES string of the molecule is O=[N+]([O-])c1ccc(S(=O)(=O)n2cnc3ccccc32)cc1. The summed E-state index contributed by atoms with van der Waals surface area (Å²) < 4.78 is 26.1. The molecule has 8 heteroatoms. The predicted octanol–water partition coefficient (Wildman–Crippen LogP) is 2.18. The molecule has 1 heterocycles. The van der Waals surface area contributed by atoms with E-state index in [0.29, 0.717) is 11.0 Å². The Kier molecular flexibility index (Phi) is 2.95. The maximum Gasteiger partial charge on any atom is 0.269 e. The second-order valence-electron chi connectivity index (χ2n) is 4.29. The van der Waals surface area contributed by atoms with Crippen LogP contribution in [-0.2, 0) is 10.0 Å². The lowest BCUT2D eigenvalue weighted by atomic mass is 10.3. The van der Waals surface area contributed by atoms with Crippen LogP contribution in [0.1, 0.15) is 0 Å². The van der Waals surface area contributed by atoms with E-state index in [0.717, 1.165) is 16.1 Å². The van der Waals surface area contributed by atoms with Gasteiger partial charge in [-0.25, -0.2) is 17.4 Å². The van der Waals surface area contributed by atoms with Crippen molar-refractivity contribution in [2.75, 3.05) is 0 Å². The number of hydrogen-bond donors (Lipinski definition) is 0. The van der Waals surface area contributed by atoms with Crippen molar-refractivity contribution in [3.63, 3.8) is 0 Å². The van der Waals surface area contributed by atoms with E-state index in [1.54, 1.807) is 24.3 Å². The average Bonchev–Trinajstić information content (AvgIpc) is 2.92. The van der Waals surface area contributed by atoms with E-state index in [4.69, 9.17) is 0 Å². The Morgan fingerprint density at radius 3 is 2.38 bits per heavy atom. The van der Waals surface area contributed by atoms with E-state index in [2.05, 4.69) is 4.98 Å². The molecule has 0 saturated carbocycles. The molecule has 0 atom stereocenters. The van der Waals surface area contributed by atoms with Crippen molar-refractivity contribution in [2.24, 2.45) is 0 Å². The molecule has 0 fully saturated rings. The lowest BCUT2D eigenvalue weighted by Crippen LogP contribution is -2.11. The van der Waals surface area contributed by atoms with Crippen molar-refractivity contribution in [3.8, 4) is 0 Å². The molecule has 0 unspecified atom stereocenters. The molecule has 21 heavy (non-hydrogen) atoms. The molecule has 1 aromatic heterocycles. The Labute approximate surface area is 119 Å². The van der Waals surface area contributed by atoms with Gasteiger partial charge in [0.1, 0.15) is 6.33 Å². The van der Waals surface area contributed by atoms with E-state index in [9.17, 15) is 18.5 Å². The van der Waals surface area contributed by atoms with Crippen LogP contribution in [0.15, 0.2) is 59.8 Å². The highest BCUT2D eigenvalue weighted by Crippen LogP contribution is 2.22. The zero-order valence-corrected chi connectivity index (χ0v) is 11.4. The molecule has 0 aliphatic heterocycles. The van der Waals surface area contributed by atoms with Gasteiger partial charge in [0.2, 0.25) is 0 Å². The molecule has 106 valence electrons. The zero-order chi connectivity index (χ0) is 15.0. The fraction of sp³-hybridized carbons (Fsp3) is 0. The number of rotatable bonds is 3. The smallest absolute Gasteiger partial charge is 0.258 e. The van der Waals surface area contributed by atoms with E-state index < -0.39 is 14.9 Å². The Bertz CT molecular complexity index is 929. The van der Waals surface area contributed by atoms with Crippen LogP contribution in [0.5, 0.6) is 0 Å². The van der Waals surface area contributed by atoms with E-state index in [-0.39, 0.29) is 10.6 Å². The van der Waals surface area contributed by atoms with Gasteiger partial charge in [-0.05, 0) is 24.3 Å². The van der Waals surface area contributed by atoms with Gasteiger partial charge in [-0.2, -0.15) is 0 Å². The largest absolute Gasteiger partial charge is 0.269 e. The monoisotopic (exact) mass is 303 g/mol. The number of aromatic nitrogens is 2. The number of benzene rings is 2. The van der Waals surface area contributed by atoms with Gasteiger partial charge >= 0.3 is 0 Å². The number of nitro benzene ring substituents is 1. The molecule has 3 rings (SSSR count). The summed E-state index contributed by atoms with van der Waals surface area (Å²) >= 11 is 0. The Morgan fingerprint density at radius 2 is 1.71 bits per heavy atom. The first-order valence-electron chi connectivity index (χ1n) is 5.92. The Hall–Kier alpha value is -2.74. The van der Waals surface area contributed by atoms with Crippen LogP contribution < -0.4 is 0 Å². The summed E-state index contributed by atoms with van der Waals surface area (Å²) in [6.45, 7) is 0. The first-order chi connectivity index (χ1) is 10.00. The predicted molar refractivity (Wildman–Crippen MR) is 75.4 cm³/mol. The molecule has 0 amide bonds. The molecular weight excluding hydrogens is 294 g/mol. The molecular formula is C13H9N3O4S. The number of fused-ring (bicyclic) bond motifs is 1. The summed E-state index contributed by atoms with van der Waals surface area (Å²) in [5.74, 6) is 0. The van der Waals surface area contributed by atoms with Crippen molar-refractivity contribution < 1.29 is 13.3 Å². The van der Waals surface area contributed by atoms with Crippen molar-refractivity contribution in [3.05, 3.63) is 65.0 Å². The van der Waals surface area contributed by atoms with Crippen LogP contribution in [0.25, 0.3) is 11.0 Å². The number of imidazole rings is 1. The van der Waals surface area contributed by atoms with Crippen LogP contribution in [0, 0.1) is 10.1 Å². The molecule has 0 radical (unpaired) electrons. The summed E-state index contributed by atoms with van der Waals surface area (Å²) in [6, 6.07) is 11.6. The third kappa shape index (κ3) is 2.15. The first-order valence-corrected chi connectivity index (χ1v) is 7.36. The summed E-state index contributed by atoms with van der Waals surface area (Å²) in [7, 11) is -3.83. The maximum absolute atomic E-state index is 12.5. The highest BCUT2D eigenvalue weighted by molar-refractivity contribution is 7.90. The van der Waals surface area contributed by atoms with Crippen LogP contribution in [0.4, 0.5) is 5.69 Å². The average molecular weight is 303 g/mol. The topological polar surface area (TPSA) is 95.1 Å². The van der Waals surface area contributed by atoms with Crippen molar-refractivity contribution >= 4 is 26.7 Å². The lowest BCUT2D eigenvalue weighted by molar-refractivity contribution is -0.384. The van der Waals surface area contributed by atoms with Crippen LogP contribution >= 0.6 is 0 Å². The molecule has 0 aliphatic rings. The minimum atomic E-state index is -3.83. The number of hydrogen-bond acceptors (Lipinski definition) is 5. The van der Waals surface area contributed by atoms with Gasteiger partial charge in [0.25, 0.3) is 15.7 Å².